The summed E-state index contributed by atoms with van der Waals surface area (Å²) in [5, 5.41) is 8.97. The third-order valence-electron chi connectivity index (χ3n) is 4.83. The summed E-state index contributed by atoms with van der Waals surface area (Å²) in [7, 11) is 0. The number of nitrogens with one attached hydrogen (secondary N) is 3. The van der Waals surface area contributed by atoms with Crippen LogP contribution in [0, 0.1) is 0 Å². The molecule has 0 aliphatic carbocycles. The molecule has 1 aliphatic rings. The predicted molar refractivity (Wildman–Crippen MR) is 129 cm³/mol. The van der Waals surface area contributed by atoms with E-state index in [2.05, 4.69) is 16.0 Å². The van der Waals surface area contributed by atoms with Crippen LogP contribution < -0.4 is 16.0 Å². The van der Waals surface area contributed by atoms with E-state index >= 15 is 0 Å². The topological polar surface area (TPSA) is 106 Å². The SMILES string of the molecule is CC1(C)OC(=O)C(=CNc2cccc(C(=O)Nc3ccc(Nc4ccccc4)cc3)c2)C(=O)O1. The first-order valence-corrected chi connectivity index (χ1v) is 10.6. The molecule has 1 saturated heterocycles. The molecule has 8 nitrogen and oxygen atoms in total. The van der Waals surface area contributed by atoms with E-state index in [0.29, 0.717) is 16.9 Å². The van der Waals surface area contributed by atoms with E-state index in [1.165, 1.54) is 20.0 Å². The number of amides is 1. The first-order valence-electron chi connectivity index (χ1n) is 10.6. The highest BCUT2D eigenvalue weighted by atomic mass is 16.7. The molecule has 8 heteroatoms. The number of esters is 2. The van der Waals surface area contributed by atoms with E-state index in [4.69, 9.17) is 9.47 Å². The highest BCUT2D eigenvalue weighted by Gasteiger charge is 2.38. The molecule has 0 radical (unpaired) electrons. The number of hydrogen-bond donors (Lipinski definition) is 3. The molecule has 0 atom stereocenters. The molecule has 172 valence electrons. The lowest BCUT2D eigenvalue weighted by Gasteiger charge is -2.29. The first kappa shape index (κ1) is 22.6. The zero-order valence-electron chi connectivity index (χ0n) is 18.6. The molecule has 4 rings (SSSR count). The Balaban J connectivity index is 1.39. The van der Waals surface area contributed by atoms with Crippen molar-refractivity contribution >= 4 is 40.6 Å². The van der Waals surface area contributed by atoms with Gasteiger partial charge in [0.2, 0.25) is 0 Å². The van der Waals surface area contributed by atoms with Gasteiger partial charge in [-0.3, -0.25) is 4.79 Å². The first-order chi connectivity index (χ1) is 16.3. The molecule has 0 saturated carbocycles. The van der Waals surface area contributed by atoms with Gasteiger partial charge in [0.25, 0.3) is 11.7 Å². The quantitative estimate of drug-likeness (QED) is 0.277. The third kappa shape index (κ3) is 5.60. The second kappa shape index (κ2) is 9.50. The zero-order valence-corrected chi connectivity index (χ0v) is 18.6. The second-order valence-electron chi connectivity index (χ2n) is 7.98. The van der Waals surface area contributed by atoms with E-state index in [-0.39, 0.29) is 11.5 Å². The highest BCUT2D eigenvalue weighted by molar-refractivity contribution is 6.15. The van der Waals surface area contributed by atoms with Crippen LogP contribution in [-0.2, 0) is 19.1 Å². The van der Waals surface area contributed by atoms with E-state index in [1.54, 1.807) is 36.4 Å². The number of ether oxygens (including phenoxy) is 2. The van der Waals surface area contributed by atoms with Gasteiger partial charge in [-0.05, 0) is 54.6 Å². The molecular formula is C26H23N3O5. The molecule has 0 spiro atoms. The fraction of sp³-hybridized carbons (Fsp3) is 0.115. The molecular weight excluding hydrogens is 434 g/mol. The molecule has 3 aromatic rings. The van der Waals surface area contributed by atoms with Crippen molar-refractivity contribution in [2.75, 3.05) is 16.0 Å². The fourth-order valence-electron chi connectivity index (χ4n) is 3.21. The molecule has 3 aromatic carbocycles. The smallest absolute Gasteiger partial charge is 0.350 e. The summed E-state index contributed by atoms with van der Waals surface area (Å²) in [5.74, 6) is -3.18. The van der Waals surface area contributed by atoms with Crippen LogP contribution in [0.1, 0.15) is 24.2 Å². The van der Waals surface area contributed by atoms with Crippen molar-refractivity contribution in [3.05, 3.63) is 96.2 Å². The molecule has 3 N–H and O–H groups in total. The summed E-state index contributed by atoms with van der Waals surface area (Å²) in [6, 6.07) is 23.8. The maximum absolute atomic E-state index is 12.7. The minimum absolute atomic E-state index is 0.265. The molecule has 1 amide bonds. The summed E-state index contributed by atoms with van der Waals surface area (Å²) < 4.78 is 10.1. The molecule has 1 fully saturated rings. The Morgan fingerprint density at radius 3 is 2.03 bits per heavy atom. The number of anilines is 4. The summed E-state index contributed by atoms with van der Waals surface area (Å²) in [6.07, 6.45) is 1.20. The number of hydrogen-bond acceptors (Lipinski definition) is 7. The molecule has 0 unspecified atom stereocenters. The molecule has 0 aromatic heterocycles. The Morgan fingerprint density at radius 1 is 0.765 bits per heavy atom. The van der Waals surface area contributed by atoms with Crippen LogP contribution in [0.2, 0.25) is 0 Å². The predicted octanol–water partition coefficient (Wildman–Crippen LogP) is 4.81. The van der Waals surface area contributed by atoms with Crippen molar-refractivity contribution in [1.29, 1.82) is 0 Å². The van der Waals surface area contributed by atoms with E-state index in [9.17, 15) is 14.4 Å². The number of cyclic esters (lactones) is 2. The highest BCUT2D eigenvalue weighted by Crippen LogP contribution is 2.23. The van der Waals surface area contributed by atoms with E-state index in [0.717, 1.165) is 11.4 Å². The van der Waals surface area contributed by atoms with Gasteiger partial charge in [0.05, 0.1) is 0 Å². The van der Waals surface area contributed by atoms with Crippen molar-refractivity contribution in [1.82, 2.24) is 0 Å². The average Bonchev–Trinajstić information content (AvgIpc) is 2.80. The number of benzene rings is 3. The maximum Gasteiger partial charge on any atom is 0.350 e. The van der Waals surface area contributed by atoms with Gasteiger partial charge in [-0.25, -0.2) is 9.59 Å². The monoisotopic (exact) mass is 457 g/mol. The summed E-state index contributed by atoms with van der Waals surface area (Å²) in [4.78, 5) is 36.8. The van der Waals surface area contributed by atoms with Gasteiger partial charge in [-0.1, -0.05) is 24.3 Å². The Labute approximate surface area is 196 Å². The minimum atomic E-state index is -1.31. The largest absolute Gasteiger partial charge is 0.419 e. The van der Waals surface area contributed by atoms with Crippen LogP contribution in [0.4, 0.5) is 22.7 Å². The van der Waals surface area contributed by atoms with Crippen molar-refractivity contribution in [2.45, 2.75) is 19.6 Å². The van der Waals surface area contributed by atoms with Crippen molar-refractivity contribution in [3.63, 3.8) is 0 Å². The Kier molecular flexibility index (Phi) is 6.31. The fourth-order valence-corrected chi connectivity index (χ4v) is 3.21. The normalized spacial score (nSPS) is 14.5. The van der Waals surface area contributed by atoms with E-state index < -0.39 is 17.7 Å². The van der Waals surface area contributed by atoms with Crippen molar-refractivity contribution in [3.8, 4) is 0 Å². The number of para-hydroxylation sites is 1. The molecule has 34 heavy (non-hydrogen) atoms. The number of carbonyl (C=O) groups excluding carboxylic acids is 3. The summed E-state index contributed by atoms with van der Waals surface area (Å²) in [5.41, 5.74) is 3.14. The lowest BCUT2D eigenvalue weighted by Crippen LogP contribution is -2.42. The minimum Gasteiger partial charge on any atom is -0.419 e. The maximum atomic E-state index is 12.7. The van der Waals surface area contributed by atoms with Gasteiger partial charge in [0.1, 0.15) is 0 Å². The van der Waals surface area contributed by atoms with Gasteiger partial charge in [-0.2, -0.15) is 0 Å². The number of carbonyl (C=O) groups is 3. The molecule has 1 heterocycles. The summed E-state index contributed by atoms with van der Waals surface area (Å²) >= 11 is 0. The standard InChI is InChI=1S/C26H23N3O5/c1-26(2)33-24(31)22(25(32)34-26)16-27-21-10-6-7-17(15-21)23(30)29-20-13-11-19(12-14-20)28-18-8-4-3-5-9-18/h3-16,27-28H,1-2H3,(H,29,30). The lowest BCUT2D eigenvalue weighted by atomic mass is 10.1. The molecule has 0 bridgehead atoms. The van der Waals surface area contributed by atoms with Crippen LogP contribution >= 0.6 is 0 Å². The van der Waals surface area contributed by atoms with Crippen LogP contribution in [0.3, 0.4) is 0 Å². The third-order valence-corrected chi connectivity index (χ3v) is 4.83. The zero-order chi connectivity index (χ0) is 24.1. The van der Waals surface area contributed by atoms with Crippen LogP contribution in [-0.4, -0.2) is 23.6 Å². The summed E-state index contributed by atoms with van der Waals surface area (Å²) in [6.45, 7) is 2.95. The van der Waals surface area contributed by atoms with Crippen molar-refractivity contribution < 1.29 is 23.9 Å². The van der Waals surface area contributed by atoms with Crippen LogP contribution in [0.5, 0.6) is 0 Å². The van der Waals surface area contributed by atoms with Crippen LogP contribution in [0.15, 0.2) is 90.6 Å². The van der Waals surface area contributed by atoms with Gasteiger partial charge < -0.3 is 25.4 Å². The van der Waals surface area contributed by atoms with Gasteiger partial charge >= 0.3 is 11.9 Å². The Bertz CT molecular complexity index is 1230. The second-order valence-corrected chi connectivity index (χ2v) is 7.98. The van der Waals surface area contributed by atoms with Gasteiger partial charge in [0.15, 0.2) is 5.57 Å². The van der Waals surface area contributed by atoms with Crippen LogP contribution in [0.25, 0.3) is 0 Å². The van der Waals surface area contributed by atoms with Gasteiger partial charge in [-0.15, -0.1) is 0 Å². The Morgan fingerprint density at radius 2 is 1.35 bits per heavy atom. The van der Waals surface area contributed by atoms with Gasteiger partial charge in [0, 0.05) is 48.4 Å². The lowest BCUT2D eigenvalue weighted by molar-refractivity contribution is -0.222. The Hall–Kier alpha value is -4.59. The van der Waals surface area contributed by atoms with Crippen molar-refractivity contribution in [2.24, 2.45) is 0 Å². The van der Waals surface area contributed by atoms with E-state index in [1.807, 2.05) is 42.5 Å². The average molecular weight is 457 g/mol. The molecule has 1 aliphatic heterocycles. The number of rotatable bonds is 6.